The van der Waals surface area contributed by atoms with E-state index >= 15 is 0 Å². The van der Waals surface area contributed by atoms with E-state index in [0.29, 0.717) is 5.75 Å². The van der Waals surface area contributed by atoms with Crippen LogP contribution in [0.5, 0.6) is 5.75 Å². The minimum absolute atomic E-state index is 0.395. The van der Waals surface area contributed by atoms with Gasteiger partial charge in [0.25, 0.3) is 0 Å². The SMILES string of the molecule is Oc1ccccc1CN1CN2CNCN(C2)C1. The molecule has 0 amide bonds. The van der Waals surface area contributed by atoms with E-state index in [1.165, 1.54) is 0 Å². The van der Waals surface area contributed by atoms with E-state index in [1.807, 2.05) is 18.2 Å². The van der Waals surface area contributed by atoms with E-state index in [4.69, 9.17) is 0 Å². The monoisotopic (exact) mass is 234 g/mol. The molecule has 0 saturated carbocycles. The maximum Gasteiger partial charge on any atom is 0.120 e. The summed E-state index contributed by atoms with van der Waals surface area (Å²) in [7, 11) is 0. The summed E-state index contributed by atoms with van der Waals surface area (Å²) in [5, 5.41) is 13.1. The van der Waals surface area contributed by atoms with Crippen LogP contribution in [0.2, 0.25) is 0 Å². The number of fused-ring (bicyclic) bond motifs is 2. The fourth-order valence-electron chi connectivity index (χ4n) is 2.53. The van der Waals surface area contributed by atoms with E-state index in [9.17, 15) is 5.11 Å². The van der Waals surface area contributed by atoms with E-state index < -0.39 is 0 Å². The summed E-state index contributed by atoms with van der Waals surface area (Å²) in [5.41, 5.74) is 1.00. The summed E-state index contributed by atoms with van der Waals surface area (Å²) in [4.78, 5) is 7.05. The molecule has 3 rings (SSSR count). The second-order valence-electron chi connectivity index (χ2n) is 4.79. The standard InChI is InChI=1S/C12H18N4O/c17-12-4-2-1-3-11(12)5-14-8-15-6-13-7-16(9-14)10-15/h1-4,13,17H,5-10H2. The van der Waals surface area contributed by atoms with Crippen LogP contribution in [-0.2, 0) is 6.54 Å². The lowest BCUT2D eigenvalue weighted by Crippen LogP contribution is -2.62. The van der Waals surface area contributed by atoms with Gasteiger partial charge in [-0.15, -0.1) is 0 Å². The number of phenols is 1. The third kappa shape index (κ3) is 2.42. The molecule has 2 aliphatic heterocycles. The van der Waals surface area contributed by atoms with Gasteiger partial charge in [0, 0.05) is 12.1 Å². The highest BCUT2D eigenvalue weighted by atomic mass is 16.3. The average Bonchev–Trinajstić information content (AvgIpc) is 2.32. The second kappa shape index (κ2) is 4.62. The van der Waals surface area contributed by atoms with E-state index in [2.05, 4.69) is 20.0 Å². The molecule has 92 valence electrons. The molecule has 2 aliphatic rings. The molecule has 0 aromatic heterocycles. The lowest BCUT2D eigenvalue weighted by atomic mass is 10.2. The molecule has 0 radical (unpaired) electrons. The van der Waals surface area contributed by atoms with Crippen molar-refractivity contribution < 1.29 is 5.11 Å². The molecule has 2 fully saturated rings. The van der Waals surface area contributed by atoms with Gasteiger partial charge in [0.2, 0.25) is 0 Å². The number of para-hydroxylation sites is 1. The predicted octanol–water partition coefficient (Wildman–Crippen LogP) is 0.203. The number of hydrogen-bond acceptors (Lipinski definition) is 5. The average molecular weight is 234 g/mol. The van der Waals surface area contributed by atoms with Gasteiger partial charge in [-0.3, -0.25) is 20.0 Å². The maximum atomic E-state index is 9.78. The third-order valence-electron chi connectivity index (χ3n) is 3.26. The molecule has 2 atom stereocenters. The summed E-state index contributed by atoms with van der Waals surface area (Å²) in [6.45, 7) is 5.67. The highest BCUT2D eigenvalue weighted by Crippen LogP contribution is 2.19. The summed E-state index contributed by atoms with van der Waals surface area (Å²) in [6.07, 6.45) is 0. The van der Waals surface area contributed by atoms with Crippen molar-refractivity contribution in [3.63, 3.8) is 0 Å². The predicted molar refractivity (Wildman–Crippen MR) is 64.8 cm³/mol. The van der Waals surface area contributed by atoms with Gasteiger partial charge in [0.05, 0.1) is 33.3 Å². The Bertz CT molecular complexity index is 386. The van der Waals surface area contributed by atoms with Crippen LogP contribution in [0, 0.1) is 0 Å². The summed E-state index contributed by atoms with van der Waals surface area (Å²) in [6, 6.07) is 7.58. The number of nitrogens with one attached hydrogen (secondary N) is 1. The molecule has 1 aromatic rings. The molecule has 2 heterocycles. The van der Waals surface area contributed by atoms with Gasteiger partial charge in [0.1, 0.15) is 5.75 Å². The van der Waals surface area contributed by atoms with Gasteiger partial charge >= 0.3 is 0 Å². The van der Waals surface area contributed by atoms with Crippen molar-refractivity contribution in [1.29, 1.82) is 0 Å². The summed E-state index contributed by atoms with van der Waals surface area (Å²) < 4.78 is 0. The van der Waals surface area contributed by atoms with Crippen molar-refractivity contribution in [2.24, 2.45) is 0 Å². The summed E-state index contributed by atoms with van der Waals surface area (Å²) >= 11 is 0. The fraction of sp³-hybridized carbons (Fsp3) is 0.500. The Morgan fingerprint density at radius 3 is 2.47 bits per heavy atom. The first-order chi connectivity index (χ1) is 8.31. The van der Waals surface area contributed by atoms with E-state index in [0.717, 1.165) is 45.5 Å². The van der Waals surface area contributed by atoms with Gasteiger partial charge in [-0.1, -0.05) is 18.2 Å². The van der Waals surface area contributed by atoms with Crippen molar-refractivity contribution in [3.8, 4) is 5.75 Å². The zero-order valence-corrected chi connectivity index (χ0v) is 9.84. The third-order valence-corrected chi connectivity index (χ3v) is 3.26. The Balaban J connectivity index is 1.68. The molecule has 5 nitrogen and oxygen atoms in total. The number of hydrogen-bond donors (Lipinski definition) is 2. The molecule has 2 saturated heterocycles. The van der Waals surface area contributed by atoms with Gasteiger partial charge < -0.3 is 5.11 Å². The van der Waals surface area contributed by atoms with Gasteiger partial charge in [0.15, 0.2) is 0 Å². The molecular weight excluding hydrogens is 216 g/mol. The lowest BCUT2D eigenvalue weighted by Gasteiger charge is -2.46. The molecule has 17 heavy (non-hydrogen) atoms. The minimum Gasteiger partial charge on any atom is -0.508 e. The number of benzene rings is 1. The van der Waals surface area contributed by atoms with Crippen molar-refractivity contribution in [2.75, 3.05) is 33.3 Å². The zero-order chi connectivity index (χ0) is 11.7. The molecule has 2 bridgehead atoms. The fourth-order valence-corrected chi connectivity index (χ4v) is 2.53. The first-order valence-corrected chi connectivity index (χ1v) is 5.96. The zero-order valence-electron chi connectivity index (χ0n) is 9.84. The highest BCUT2D eigenvalue weighted by Gasteiger charge is 2.26. The topological polar surface area (TPSA) is 42.0 Å². The van der Waals surface area contributed by atoms with Gasteiger partial charge in [-0.25, -0.2) is 0 Å². The largest absolute Gasteiger partial charge is 0.508 e. The Morgan fingerprint density at radius 2 is 1.76 bits per heavy atom. The van der Waals surface area contributed by atoms with Crippen molar-refractivity contribution >= 4 is 0 Å². The Labute approximate surface area is 101 Å². The van der Waals surface area contributed by atoms with E-state index in [-0.39, 0.29) is 0 Å². The molecule has 1 aromatic carbocycles. The summed E-state index contributed by atoms with van der Waals surface area (Å²) in [5.74, 6) is 0.395. The lowest BCUT2D eigenvalue weighted by molar-refractivity contribution is -0.0704. The smallest absolute Gasteiger partial charge is 0.120 e. The maximum absolute atomic E-state index is 9.78. The number of nitrogens with zero attached hydrogens (tertiary/aromatic N) is 3. The Hall–Kier alpha value is -1.14. The second-order valence-corrected chi connectivity index (χ2v) is 4.79. The molecule has 2 N–H and O–H groups in total. The first-order valence-electron chi connectivity index (χ1n) is 5.96. The Kier molecular flexibility index (Phi) is 2.98. The van der Waals surface area contributed by atoms with E-state index in [1.54, 1.807) is 6.07 Å². The van der Waals surface area contributed by atoms with Crippen molar-refractivity contribution in [1.82, 2.24) is 20.0 Å². The molecule has 0 spiro atoms. The van der Waals surface area contributed by atoms with Crippen LogP contribution in [0.1, 0.15) is 5.56 Å². The highest BCUT2D eigenvalue weighted by molar-refractivity contribution is 5.31. The van der Waals surface area contributed by atoms with Crippen molar-refractivity contribution in [2.45, 2.75) is 6.54 Å². The molecule has 0 aliphatic carbocycles. The van der Waals surface area contributed by atoms with Crippen LogP contribution >= 0.6 is 0 Å². The normalized spacial score (nSPS) is 29.2. The van der Waals surface area contributed by atoms with Crippen LogP contribution in [-0.4, -0.2) is 53.1 Å². The number of phenolic OH excluding ortho intramolecular Hbond substituents is 1. The van der Waals surface area contributed by atoms with Crippen LogP contribution in [0.25, 0.3) is 0 Å². The van der Waals surface area contributed by atoms with Crippen molar-refractivity contribution in [3.05, 3.63) is 29.8 Å². The quantitative estimate of drug-likeness (QED) is 0.765. The molecular formula is C12H18N4O. The van der Waals surface area contributed by atoms with Crippen LogP contribution in [0.4, 0.5) is 0 Å². The minimum atomic E-state index is 0.395. The molecule has 5 heteroatoms. The van der Waals surface area contributed by atoms with Crippen LogP contribution in [0.15, 0.2) is 24.3 Å². The Morgan fingerprint density at radius 1 is 1.06 bits per heavy atom. The van der Waals surface area contributed by atoms with Gasteiger partial charge in [-0.2, -0.15) is 0 Å². The first kappa shape index (κ1) is 11.0. The molecule has 2 unspecified atom stereocenters. The van der Waals surface area contributed by atoms with Crippen LogP contribution in [0.3, 0.4) is 0 Å². The number of aromatic hydroxyl groups is 1. The van der Waals surface area contributed by atoms with Crippen LogP contribution < -0.4 is 5.32 Å². The van der Waals surface area contributed by atoms with Gasteiger partial charge in [-0.05, 0) is 6.07 Å². The number of rotatable bonds is 2.